The van der Waals surface area contributed by atoms with E-state index in [0.29, 0.717) is 0 Å². The second-order valence-corrected chi connectivity index (χ2v) is 7.27. The number of thiophene rings is 1. The van der Waals surface area contributed by atoms with E-state index in [1.165, 1.54) is 38.6 Å². The molecule has 0 radical (unpaired) electrons. The second-order valence-electron chi connectivity index (χ2n) is 6.53. The van der Waals surface area contributed by atoms with E-state index in [0.717, 1.165) is 12.1 Å². The Hall–Kier alpha value is -3.04. The number of hydrogen-bond acceptors (Lipinski definition) is 2. The molecule has 0 spiro atoms. The van der Waals surface area contributed by atoms with Gasteiger partial charge in [0.2, 0.25) is 0 Å². The molecular weight excluding hydrogens is 336 g/mol. The zero-order valence-corrected chi connectivity index (χ0v) is 15.0. The fraction of sp³-hybridized carbons (Fsp3) is 0.0435. The summed E-state index contributed by atoms with van der Waals surface area (Å²) < 4.78 is 2.38. The largest absolute Gasteiger partial charge is 0.398 e. The second kappa shape index (κ2) is 6.04. The molecule has 0 amide bonds. The average molecular weight is 354 g/mol. The maximum Gasteiger partial charge on any atom is 0.0576 e. The number of nitrogen functional groups attached to an aromatic ring is 1. The van der Waals surface area contributed by atoms with E-state index in [2.05, 4.69) is 82.7 Å². The molecule has 0 aliphatic carbocycles. The summed E-state index contributed by atoms with van der Waals surface area (Å²) in [4.78, 5) is 0. The molecule has 0 fully saturated rings. The smallest absolute Gasteiger partial charge is 0.0576 e. The molecular formula is C23H18N2S. The maximum absolute atomic E-state index is 6.16. The third kappa shape index (κ3) is 2.32. The van der Waals surface area contributed by atoms with Crippen molar-refractivity contribution in [3.63, 3.8) is 0 Å². The highest BCUT2D eigenvalue weighted by Crippen LogP contribution is 2.35. The fourth-order valence-corrected chi connectivity index (χ4v) is 4.51. The van der Waals surface area contributed by atoms with E-state index in [4.69, 9.17) is 5.73 Å². The minimum Gasteiger partial charge on any atom is -0.398 e. The molecule has 3 heteroatoms. The van der Waals surface area contributed by atoms with Crippen molar-refractivity contribution >= 4 is 38.8 Å². The zero-order chi connectivity index (χ0) is 17.5. The SMILES string of the molecule is Nc1cscc1Cc1cccc2c3ccccc3n(-c3ccccc3)c12. The summed E-state index contributed by atoms with van der Waals surface area (Å²) in [6, 6.07) is 25.8. The number of para-hydroxylation sites is 3. The van der Waals surface area contributed by atoms with Crippen molar-refractivity contribution in [1.29, 1.82) is 0 Å². The molecule has 126 valence electrons. The lowest BCUT2D eigenvalue weighted by Crippen LogP contribution is -1.98. The quantitative estimate of drug-likeness (QED) is 0.422. The Morgan fingerprint density at radius 1 is 0.731 bits per heavy atom. The van der Waals surface area contributed by atoms with E-state index in [1.807, 2.05) is 5.38 Å². The molecule has 0 aliphatic heterocycles. The molecule has 0 atom stereocenters. The van der Waals surface area contributed by atoms with Gasteiger partial charge in [-0.1, -0.05) is 54.6 Å². The first-order valence-corrected chi connectivity index (χ1v) is 9.64. The monoisotopic (exact) mass is 354 g/mol. The average Bonchev–Trinajstić information content (AvgIpc) is 3.24. The molecule has 2 nitrogen and oxygen atoms in total. The molecule has 2 heterocycles. The summed E-state index contributed by atoms with van der Waals surface area (Å²) in [7, 11) is 0. The Morgan fingerprint density at radius 2 is 1.50 bits per heavy atom. The number of anilines is 1. The summed E-state index contributed by atoms with van der Waals surface area (Å²) in [5, 5.41) is 6.74. The van der Waals surface area contributed by atoms with E-state index in [1.54, 1.807) is 11.3 Å². The van der Waals surface area contributed by atoms with Gasteiger partial charge in [-0.2, -0.15) is 0 Å². The molecule has 5 aromatic rings. The molecule has 26 heavy (non-hydrogen) atoms. The van der Waals surface area contributed by atoms with Crippen LogP contribution in [0.1, 0.15) is 11.1 Å². The van der Waals surface area contributed by atoms with Crippen LogP contribution in [0.4, 0.5) is 5.69 Å². The highest BCUT2D eigenvalue weighted by Gasteiger charge is 2.15. The summed E-state index contributed by atoms with van der Waals surface area (Å²) in [6.45, 7) is 0. The van der Waals surface area contributed by atoms with Gasteiger partial charge in [0.1, 0.15) is 0 Å². The van der Waals surface area contributed by atoms with Crippen molar-refractivity contribution in [2.45, 2.75) is 6.42 Å². The number of benzene rings is 3. The normalized spacial score (nSPS) is 11.4. The van der Waals surface area contributed by atoms with Crippen molar-refractivity contribution in [3.05, 3.63) is 94.7 Å². The number of nitrogens with two attached hydrogens (primary N) is 1. The van der Waals surface area contributed by atoms with Gasteiger partial charge < -0.3 is 10.3 Å². The van der Waals surface area contributed by atoms with Gasteiger partial charge in [-0.3, -0.25) is 0 Å². The minimum atomic E-state index is 0.843. The van der Waals surface area contributed by atoms with Gasteiger partial charge in [-0.15, -0.1) is 11.3 Å². The summed E-state index contributed by atoms with van der Waals surface area (Å²) >= 11 is 1.66. The van der Waals surface area contributed by atoms with E-state index in [-0.39, 0.29) is 0 Å². The summed E-state index contributed by atoms with van der Waals surface area (Å²) in [6.07, 6.45) is 0.843. The molecule has 0 aliphatic rings. The van der Waals surface area contributed by atoms with Crippen LogP contribution in [-0.2, 0) is 6.42 Å². The summed E-state index contributed by atoms with van der Waals surface area (Å²) in [5.74, 6) is 0. The van der Waals surface area contributed by atoms with Crippen LogP contribution in [0.25, 0.3) is 27.5 Å². The molecule has 3 aromatic carbocycles. The third-order valence-electron chi connectivity index (χ3n) is 4.95. The van der Waals surface area contributed by atoms with E-state index >= 15 is 0 Å². The lowest BCUT2D eigenvalue weighted by atomic mass is 10.0. The molecule has 0 saturated heterocycles. The van der Waals surface area contributed by atoms with Crippen molar-refractivity contribution < 1.29 is 0 Å². The molecule has 2 aromatic heterocycles. The molecule has 5 rings (SSSR count). The number of aromatic nitrogens is 1. The molecule has 0 unspecified atom stereocenters. The van der Waals surface area contributed by atoms with Gasteiger partial charge in [0, 0.05) is 33.9 Å². The van der Waals surface area contributed by atoms with Crippen LogP contribution in [-0.4, -0.2) is 4.57 Å². The molecule has 0 saturated carbocycles. The first kappa shape index (κ1) is 15.2. The van der Waals surface area contributed by atoms with E-state index < -0.39 is 0 Å². The zero-order valence-electron chi connectivity index (χ0n) is 14.2. The fourth-order valence-electron chi connectivity index (χ4n) is 3.76. The number of rotatable bonds is 3. The standard InChI is InChI=1S/C23H18N2S/c24-21-15-26-14-17(21)13-16-7-6-11-20-19-10-4-5-12-22(19)25(23(16)20)18-8-2-1-3-9-18/h1-12,14-15H,13,24H2. The first-order chi connectivity index (χ1) is 12.8. The van der Waals surface area contributed by atoms with Gasteiger partial charge >= 0.3 is 0 Å². The Kier molecular flexibility index (Phi) is 3.54. The van der Waals surface area contributed by atoms with E-state index in [9.17, 15) is 0 Å². The van der Waals surface area contributed by atoms with Crippen LogP contribution in [0.3, 0.4) is 0 Å². The Labute approximate surface area is 156 Å². The Morgan fingerprint density at radius 3 is 2.31 bits per heavy atom. The topological polar surface area (TPSA) is 30.9 Å². The Balaban J connectivity index is 1.86. The first-order valence-electron chi connectivity index (χ1n) is 8.70. The van der Waals surface area contributed by atoms with Crippen LogP contribution in [0, 0.1) is 0 Å². The maximum atomic E-state index is 6.16. The lowest BCUT2D eigenvalue weighted by molar-refractivity contribution is 1.14. The minimum absolute atomic E-state index is 0.843. The molecule has 0 bridgehead atoms. The van der Waals surface area contributed by atoms with Crippen molar-refractivity contribution in [1.82, 2.24) is 4.57 Å². The Bertz CT molecular complexity index is 1220. The number of fused-ring (bicyclic) bond motifs is 3. The number of nitrogens with zero attached hydrogens (tertiary/aromatic N) is 1. The van der Waals surface area contributed by atoms with Gasteiger partial charge in [0.25, 0.3) is 0 Å². The summed E-state index contributed by atoms with van der Waals surface area (Å²) in [5.41, 5.74) is 13.2. The van der Waals surface area contributed by atoms with Gasteiger partial charge in [-0.05, 0) is 34.7 Å². The third-order valence-corrected chi connectivity index (χ3v) is 5.76. The van der Waals surface area contributed by atoms with Crippen LogP contribution < -0.4 is 5.73 Å². The lowest BCUT2D eigenvalue weighted by Gasteiger charge is -2.11. The predicted octanol–water partition coefficient (Wildman–Crippen LogP) is 6.02. The van der Waals surface area contributed by atoms with Crippen LogP contribution in [0.5, 0.6) is 0 Å². The van der Waals surface area contributed by atoms with Crippen LogP contribution >= 0.6 is 11.3 Å². The van der Waals surface area contributed by atoms with Gasteiger partial charge in [-0.25, -0.2) is 0 Å². The van der Waals surface area contributed by atoms with Crippen molar-refractivity contribution in [2.75, 3.05) is 5.73 Å². The highest BCUT2D eigenvalue weighted by atomic mass is 32.1. The van der Waals surface area contributed by atoms with Crippen LogP contribution in [0.2, 0.25) is 0 Å². The van der Waals surface area contributed by atoms with Crippen molar-refractivity contribution in [2.24, 2.45) is 0 Å². The predicted molar refractivity (Wildman–Crippen MR) is 112 cm³/mol. The van der Waals surface area contributed by atoms with Crippen LogP contribution in [0.15, 0.2) is 83.6 Å². The van der Waals surface area contributed by atoms with Crippen molar-refractivity contribution in [3.8, 4) is 5.69 Å². The van der Waals surface area contributed by atoms with Gasteiger partial charge in [0.15, 0.2) is 0 Å². The van der Waals surface area contributed by atoms with Gasteiger partial charge in [0.05, 0.1) is 11.0 Å². The molecule has 2 N–H and O–H groups in total. The number of hydrogen-bond donors (Lipinski definition) is 1. The highest BCUT2D eigenvalue weighted by molar-refractivity contribution is 7.08.